The second-order valence-corrected chi connectivity index (χ2v) is 7.71. The molecule has 1 aliphatic rings. The summed E-state index contributed by atoms with van der Waals surface area (Å²) in [7, 11) is -3.56. The molecule has 136 valence electrons. The Kier molecular flexibility index (Phi) is 5.83. The minimum Gasteiger partial charge on any atom is -0.355 e. The highest BCUT2D eigenvalue weighted by Crippen LogP contribution is 2.21. The average molecular weight is 371 g/mol. The Labute approximate surface area is 153 Å². The molecule has 0 unspecified atom stereocenters. The lowest BCUT2D eigenvalue weighted by molar-refractivity contribution is 0.454. The topological polar surface area (TPSA) is 98.1 Å². The van der Waals surface area contributed by atoms with Crippen LogP contribution in [0.3, 0.4) is 0 Å². The molecule has 2 heterocycles. The highest BCUT2D eigenvalue weighted by molar-refractivity contribution is 7.87. The lowest BCUT2D eigenvalue weighted by atomic mass is 10.1. The summed E-state index contributed by atoms with van der Waals surface area (Å²) in [4.78, 5) is 6.32. The van der Waals surface area contributed by atoms with Crippen molar-refractivity contribution in [1.29, 1.82) is 5.26 Å². The highest BCUT2D eigenvalue weighted by Gasteiger charge is 2.25. The van der Waals surface area contributed by atoms with Gasteiger partial charge in [0.2, 0.25) is 0 Å². The van der Waals surface area contributed by atoms with Crippen LogP contribution in [0.15, 0.2) is 48.7 Å². The van der Waals surface area contributed by atoms with Crippen molar-refractivity contribution in [2.24, 2.45) is 0 Å². The van der Waals surface area contributed by atoms with E-state index in [0.29, 0.717) is 37.3 Å². The molecule has 26 heavy (non-hydrogen) atoms. The summed E-state index contributed by atoms with van der Waals surface area (Å²) in [5, 5.41) is 9.19. The summed E-state index contributed by atoms with van der Waals surface area (Å²) in [6, 6.07) is 14.9. The Morgan fingerprint density at radius 3 is 2.58 bits per heavy atom. The molecule has 1 aromatic heterocycles. The minimum atomic E-state index is -3.56. The molecule has 0 atom stereocenters. The number of piperidine rings is 1. The molecule has 0 bridgehead atoms. The van der Waals surface area contributed by atoms with Gasteiger partial charge in [0.25, 0.3) is 10.2 Å². The molecule has 1 saturated heterocycles. The largest absolute Gasteiger partial charge is 0.355 e. The van der Waals surface area contributed by atoms with Crippen molar-refractivity contribution in [1.82, 2.24) is 14.4 Å². The third-order valence-electron chi connectivity index (χ3n) is 4.33. The number of nitrogens with one attached hydrogen (secondary N) is 2. The van der Waals surface area contributed by atoms with Crippen molar-refractivity contribution in [2.45, 2.75) is 25.4 Å². The van der Waals surface area contributed by atoms with Gasteiger partial charge in [-0.15, -0.1) is 0 Å². The lowest BCUT2D eigenvalue weighted by Gasteiger charge is -2.33. The van der Waals surface area contributed by atoms with Gasteiger partial charge in [0.1, 0.15) is 11.9 Å². The van der Waals surface area contributed by atoms with E-state index in [1.807, 2.05) is 35.2 Å². The van der Waals surface area contributed by atoms with Gasteiger partial charge in [-0.05, 0) is 30.5 Å². The van der Waals surface area contributed by atoms with Gasteiger partial charge in [0.15, 0.2) is 0 Å². The van der Waals surface area contributed by atoms with Crippen molar-refractivity contribution in [3.05, 3.63) is 59.8 Å². The molecule has 2 aromatic rings. The first-order chi connectivity index (χ1) is 12.6. The summed E-state index contributed by atoms with van der Waals surface area (Å²) in [5.74, 6) is 0.665. The van der Waals surface area contributed by atoms with Gasteiger partial charge in [-0.3, -0.25) is 0 Å². The first kappa shape index (κ1) is 18.3. The van der Waals surface area contributed by atoms with Crippen LogP contribution in [0.25, 0.3) is 0 Å². The molecule has 0 saturated carbocycles. The monoisotopic (exact) mass is 371 g/mol. The number of hydrogen-bond acceptors (Lipinski definition) is 5. The Morgan fingerprint density at radius 2 is 1.88 bits per heavy atom. The van der Waals surface area contributed by atoms with E-state index in [1.54, 1.807) is 18.3 Å². The summed E-state index contributed by atoms with van der Waals surface area (Å²) in [6.07, 6.45) is 2.99. The zero-order valence-electron chi connectivity index (χ0n) is 14.3. The number of aromatic nitrogens is 1. The Hall–Kier alpha value is -2.47. The van der Waals surface area contributed by atoms with Crippen LogP contribution in [0.4, 0.5) is 5.82 Å². The lowest BCUT2D eigenvalue weighted by Crippen LogP contribution is -2.48. The zero-order valence-corrected chi connectivity index (χ0v) is 15.1. The fourth-order valence-electron chi connectivity index (χ4n) is 2.98. The van der Waals surface area contributed by atoms with Crippen molar-refractivity contribution in [3.63, 3.8) is 0 Å². The smallest absolute Gasteiger partial charge is 0.277 e. The SMILES string of the molecule is N#Cc1cccnc1N1CCC(NS(=O)(=O)NCc2ccccc2)CC1. The molecule has 1 aromatic carbocycles. The van der Waals surface area contributed by atoms with Crippen LogP contribution < -0.4 is 14.3 Å². The van der Waals surface area contributed by atoms with E-state index in [-0.39, 0.29) is 12.6 Å². The number of nitriles is 1. The normalized spacial score (nSPS) is 15.6. The van der Waals surface area contributed by atoms with E-state index < -0.39 is 10.2 Å². The first-order valence-corrected chi connectivity index (χ1v) is 9.96. The van der Waals surface area contributed by atoms with Crippen LogP contribution in [0.1, 0.15) is 24.0 Å². The Bertz CT molecular complexity index is 872. The summed E-state index contributed by atoms with van der Waals surface area (Å²) in [5.41, 5.74) is 1.45. The van der Waals surface area contributed by atoms with Gasteiger partial charge in [0.05, 0.1) is 5.56 Å². The van der Waals surface area contributed by atoms with Gasteiger partial charge in [-0.2, -0.15) is 23.1 Å². The van der Waals surface area contributed by atoms with E-state index in [1.165, 1.54) is 0 Å². The zero-order chi connectivity index (χ0) is 18.4. The maximum absolute atomic E-state index is 12.2. The molecule has 0 radical (unpaired) electrons. The van der Waals surface area contributed by atoms with Gasteiger partial charge < -0.3 is 4.90 Å². The van der Waals surface area contributed by atoms with E-state index in [9.17, 15) is 13.7 Å². The molecular weight excluding hydrogens is 350 g/mol. The number of anilines is 1. The molecule has 2 N–H and O–H groups in total. The third-order valence-corrected chi connectivity index (χ3v) is 5.50. The second-order valence-electron chi connectivity index (χ2n) is 6.18. The van der Waals surface area contributed by atoms with E-state index in [0.717, 1.165) is 5.56 Å². The Balaban J connectivity index is 1.52. The van der Waals surface area contributed by atoms with E-state index >= 15 is 0 Å². The van der Waals surface area contributed by atoms with Crippen LogP contribution >= 0.6 is 0 Å². The van der Waals surface area contributed by atoms with E-state index in [2.05, 4.69) is 20.5 Å². The van der Waals surface area contributed by atoms with Gasteiger partial charge in [0, 0.05) is 31.9 Å². The number of hydrogen-bond donors (Lipinski definition) is 2. The van der Waals surface area contributed by atoms with Crippen molar-refractivity contribution in [3.8, 4) is 6.07 Å². The van der Waals surface area contributed by atoms with Crippen LogP contribution in [-0.2, 0) is 16.8 Å². The molecule has 0 amide bonds. The maximum atomic E-state index is 12.2. The van der Waals surface area contributed by atoms with Crippen LogP contribution in [0.5, 0.6) is 0 Å². The number of pyridine rings is 1. The van der Waals surface area contributed by atoms with Crippen molar-refractivity contribution >= 4 is 16.0 Å². The average Bonchev–Trinajstić information content (AvgIpc) is 2.68. The van der Waals surface area contributed by atoms with Gasteiger partial charge in [-0.25, -0.2) is 4.98 Å². The number of nitrogens with zero attached hydrogens (tertiary/aromatic N) is 3. The third kappa shape index (κ3) is 4.79. The molecule has 7 nitrogen and oxygen atoms in total. The number of benzene rings is 1. The molecule has 0 aliphatic carbocycles. The van der Waals surface area contributed by atoms with Crippen LogP contribution in [-0.4, -0.2) is 32.5 Å². The maximum Gasteiger partial charge on any atom is 0.277 e. The number of rotatable bonds is 6. The van der Waals surface area contributed by atoms with Gasteiger partial charge in [-0.1, -0.05) is 30.3 Å². The standard InChI is InChI=1S/C18H21N5O2S/c19-13-16-7-4-10-20-18(16)23-11-8-17(9-12-23)22-26(24,25)21-14-15-5-2-1-3-6-15/h1-7,10,17,21-22H,8-9,11-12,14H2. The predicted octanol–water partition coefficient (Wildman–Crippen LogP) is 1.55. The Morgan fingerprint density at radius 1 is 1.15 bits per heavy atom. The van der Waals surface area contributed by atoms with Crippen molar-refractivity contribution in [2.75, 3.05) is 18.0 Å². The summed E-state index contributed by atoms with van der Waals surface area (Å²) in [6.45, 7) is 1.56. The molecule has 0 spiro atoms. The molecular formula is C18H21N5O2S. The summed E-state index contributed by atoms with van der Waals surface area (Å²) < 4.78 is 29.8. The quantitative estimate of drug-likeness (QED) is 0.803. The first-order valence-electron chi connectivity index (χ1n) is 8.48. The fraction of sp³-hybridized carbons (Fsp3) is 0.333. The second kappa shape index (κ2) is 8.27. The highest BCUT2D eigenvalue weighted by atomic mass is 32.2. The van der Waals surface area contributed by atoms with Gasteiger partial charge >= 0.3 is 0 Å². The summed E-state index contributed by atoms with van der Waals surface area (Å²) >= 11 is 0. The van der Waals surface area contributed by atoms with E-state index in [4.69, 9.17) is 0 Å². The molecule has 1 aliphatic heterocycles. The van der Waals surface area contributed by atoms with Crippen molar-refractivity contribution < 1.29 is 8.42 Å². The molecule has 3 rings (SSSR count). The predicted molar refractivity (Wildman–Crippen MR) is 99.5 cm³/mol. The van der Waals surface area contributed by atoms with Crippen LogP contribution in [0.2, 0.25) is 0 Å². The van der Waals surface area contributed by atoms with Crippen LogP contribution in [0, 0.1) is 11.3 Å². The fourth-order valence-corrected chi connectivity index (χ4v) is 4.10. The minimum absolute atomic E-state index is 0.131. The molecule has 8 heteroatoms. The molecule has 1 fully saturated rings.